The maximum absolute atomic E-state index is 9.32. The van der Waals surface area contributed by atoms with Gasteiger partial charge in [0.2, 0.25) is 6.29 Å². The molecule has 0 aromatic rings. The van der Waals surface area contributed by atoms with Crippen molar-refractivity contribution in [1.29, 1.82) is 0 Å². The summed E-state index contributed by atoms with van der Waals surface area (Å²) in [6.45, 7) is 3.48. The minimum atomic E-state index is -1.13. The Kier molecular flexibility index (Phi) is 2.69. The first kappa shape index (κ1) is 9.47. The lowest BCUT2D eigenvalue weighted by molar-refractivity contribution is -0.213. The van der Waals surface area contributed by atoms with Gasteiger partial charge in [-0.3, -0.25) is 0 Å². The zero-order valence-corrected chi connectivity index (χ0v) is 6.80. The highest BCUT2D eigenvalue weighted by atomic mass is 16.7. The number of hydrogen-bond acceptors (Lipinski definition) is 5. The van der Waals surface area contributed by atoms with E-state index >= 15 is 0 Å². The van der Waals surface area contributed by atoms with Crippen molar-refractivity contribution in [3.63, 3.8) is 0 Å². The molecule has 0 bridgehead atoms. The summed E-state index contributed by atoms with van der Waals surface area (Å²) >= 11 is 0. The predicted molar refractivity (Wildman–Crippen MR) is 41.0 cm³/mol. The van der Waals surface area contributed by atoms with Crippen LogP contribution in [0.25, 0.3) is 0 Å². The van der Waals surface area contributed by atoms with Crippen molar-refractivity contribution < 1.29 is 19.7 Å². The van der Waals surface area contributed by atoms with E-state index in [1.807, 2.05) is 0 Å². The van der Waals surface area contributed by atoms with Crippen LogP contribution in [0.15, 0.2) is 12.3 Å². The monoisotopic (exact) mass is 175 g/mol. The van der Waals surface area contributed by atoms with Crippen molar-refractivity contribution >= 4 is 0 Å². The fraction of sp³-hybridized carbons (Fsp3) is 0.714. The minimum absolute atomic E-state index is 0.222. The maximum atomic E-state index is 9.32. The summed E-state index contributed by atoms with van der Waals surface area (Å²) in [5.41, 5.74) is 5.44. The number of aliphatic hydroxyl groups is 2. The molecular formula is C7H13NO4. The van der Waals surface area contributed by atoms with E-state index in [1.54, 1.807) is 0 Å². The van der Waals surface area contributed by atoms with Gasteiger partial charge in [-0.05, 0) is 0 Å². The summed E-state index contributed by atoms with van der Waals surface area (Å²) in [5.74, 6) is 0.222. The number of methoxy groups -OCH3 is 1. The summed E-state index contributed by atoms with van der Waals surface area (Å²) in [6, 6.07) is -0.758. The quantitative estimate of drug-likeness (QED) is 0.454. The van der Waals surface area contributed by atoms with E-state index in [9.17, 15) is 10.2 Å². The Morgan fingerprint density at radius 2 is 2.08 bits per heavy atom. The highest BCUT2D eigenvalue weighted by Crippen LogP contribution is 2.21. The van der Waals surface area contributed by atoms with E-state index in [0.717, 1.165) is 0 Å². The van der Waals surface area contributed by atoms with Crippen LogP contribution in [-0.2, 0) is 9.47 Å². The van der Waals surface area contributed by atoms with Crippen LogP contribution in [0.4, 0.5) is 0 Å². The van der Waals surface area contributed by atoms with E-state index < -0.39 is 24.5 Å². The van der Waals surface area contributed by atoms with Crippen LogP contribution in [0.3, 0.4) is 0 Å². The van der Waals surface area contributed by atoms with Crippen LogP contribution in [0, 0.1) is 0 Å². The molecule has 4 unspecified atom stereocenters. The topological polar surface area (TPSA) is 84.9 Å². The van der Waals surface area contributed by atoms with Crippen molar-refractivity contribution in [2.24, 2.45) is 5.73 Å². The first-order chi connectivity index (χ1) is 5.57. The molecule has 5 heteroatoms. The largest absolute Gasteiger partial charge is 0.465 e. The van der Waals surface area contributed by atoms with E-state index in [1.165, 1.54) is 7.11 Å². The molecule has 0 radical (unpaired) electrons. The van der Waals surface area contributed by atoms with Crippen molar-refractivity contribution in [1.82, 2.24) is 0 Å². The SMILES string of the molecule is C=C1OC(OC)C(O)C(O)C1N. The maximum Gasteiger partial charge on any atom is 0.228 e. The summed E-state index contributed by atoms with van der Waals surface area (Å²) < 4.78 is 9.72. The molecular weight excluding hydrogens is 162 g/mol. The van der Waals surface area contributed by atoms with E-state index in [4.69, 9.17) is 15.2 Å². The first-order valence-electron chi connectivity index (χ1n) is 3.58. The van der Waals surface area contributed by atoms with Gasteiger partial charge in [-0.15, -0.1) is 0 Å². The Hall–Kier alpha value is -0.620. The summed E-state index contributed by atoms with van der Waals surface area (Å²) in [7, 11) is 1.37. The number of hydrogen-bond donors (Lipinski definition) is 3. The molecule has 4 N–H and O–H groups in total. The van der Waals surface area contributed by atoms with Gasteiger partial charge in [0.05, 0.1) is 6.04 Å². The van der Waals surface area contributed by atoms with Gasteiger partial charge >= 0.3 is 0 Å². The molecule has 70 valence electrons. The molecule has 1 aliphatic heterocycles. The number of rotatable bonds is 1. The van der Waals surface area contributed by atoms with Crippen LogP contribution in [0.1, 0.15) is 0 Å². The molecule has 12 heavy (non-hydrogen) atoms. The second-order valence-corrected chi connectivity index (χ2v) is 2.70. The molecule has 0 aromatic carbocycles. The summed E-state index contributed by atoms with van der Waals surface area (Å²) in [4.78, 5) is 0. The minimum Gasteiger partial charge on any atom is -0.465 e. The van der Waals surface area contributed by atoms with Crippen LogP contribution >= 0.6 is 0 Å². The van der Waals surface area contributed by atoms with Gasteiger partial charge in [0.1, 0.15) is 18.0 Å². The Balaban J connectivity index is 2.70. The molecule has 1 heterocycles. The molecule has 1 rings (SSSR count). The van der Waals surface area contributed by atoms with Crippen molar-refractivity contribution in [2.45, 2.75) is 24.5 Å². The average Bonchev–Trinajstić information content (AvgIpc) is 2.08. The third-order valence-electron chi connectivity index (χ3n) is 1.87. The van der Waals surface area contributed by atoms with Gasteiger partial charge in [0, 0.05) is 7.11 Å². The zero-order chi connectivity index (χ0) is 9.30. The van der Waals surface area contributed by atoms with Crippen molar-refractivity contribution in [2.75, 3.05) is 7.11 Å². The van der Waals surface area contributed by atoms with E-state index in [-0.39, 0.29) is 5.76 Å². The summed E-state index contributed by atoms with van der Waals surface area (Å²) in [5, 5.41) is 18.6. The van der Waals surface area contributed by atoms with Gasteiger partial charge in [-0.2, -0.15) is 0 Å². The lowest BCUT2D eigenvalue weighted by atomic mass is 10.0. The van der Waals surface area contributed by atoms with Gasteiger partial charge in [0.15, 0.2) is 0 Å². The third-order valence-corrected chi connectivity index (χ3v) is 1.87. The van der Waals surface area contributed by atoms with Crippen molar-refractivity contribution in [3.05, 3.63) is 12.3 Å². The Morgan fingerprint density at radius 1 is 1.50 bits per heavy atom. The summed E-state index contributed by atoms with van der Waals surface area (Å²) in [6.07, 6.45) is -3.10. The molecule has 1 aliphatic rings. The van der Waals surface area contributed by atoms with Crippen LogP contribution in [0.5, 0.6) is 0 Å². The normalized spacial score (nSPS) is 42.5. The molecule has 0 aliphatic carbocycles. The van der Waals surface area contributed by atoms with Gasteiger partial charge in [0.25, 0.3) is 0 Å². The molecule has 0 saturated carbocycles. The molecule has 4 atom stereocenters. The molecule has 0 amide bonds. The highest BCUT2D eigenvalue weighted by Gasteiger charge is 2.39. The first-order valence-corrected chi connectivity index (χ1v) is 3.58. The highest BCUT2D eigenvalue weighted by molar-refractivity contribution is 5.05. The zero-order valence-electron chi connectivity index (χ0n) is 6.80. The second kappa shape index (κ2) is 3.40. The Bertz CT molecular complexity index is 182. The lowest BCUT2D eigenvalue weighted by Crippen LogP contribution is -2.55. The molecule has 0 spiro atoms. The van der Waals surface area contributed by atoms with Gasteiger partial charge in [-0.25, -0.2) is 0 Å². The Morgan fingerprint density at radius 3 is 2.58 bits per heavy atom. The van der Waals surface area contributed by atoms with E-state index in [0.29, 0.717) is 0 Å². The third kappa shape index (κ3) is 1.44. The van der Waals surface area contributed by atoms with Gasteiger partial charge in [-0.1, -0.05) is 6.58 Å². The van der Waals surface area contributed by atoms with Crippen molar-refractivity contribution in [3.8, 4) is 0 Å². The number of nitrogens with two attached hydrogens (primary N) is 1. The molecule has 5 nitrogen and oxygen atoms in total. The van der Waals surface area contributed by atoms with Crippen LogP contribution < -0.4 is 5.73 Å². The van der Waals surface area contributed by atoms with E-state index in [2.05, 4.69) is 6.58 Å². The second-order valence-electron chi connectivity index (χ2n) is 2.70. The Labute approximate surface area is 70.4 Å². The van der Waals surface area contributed by atoms with Crippen LogP contribution in [-0.4, -0.2) is 41.9 Å². The molecule has 1 saturated heterocycles. The fourth-order valence-electron chi connectivity index (χ4n) is 1.05. The van der Waals surface area contributed by atoms with Crippen LogP contribution in [0.2, 0.25) is 0 Å². The lowest BCUT2D eigenvalue weighted by Gasteiger charge is -2.36. The predicted octanol–water partition coefficient (Wildman–Crippen LogP) is -1.45. The number of ether oxygens (including phenoxy) is 2. The molecule has 0 aromatic heterocycles. The van der Waals surface area contributed by atoms with Gasteiger partial charge < -0.3 is 25.4 Å². The number of aliphatic hydroxyl groups excluding tert-OH is 2. The smallest absolute Gasteiger partial charge is 0.228 e. The standard InChI is InChI=1S/C7H13NO4/c1-3-4(8)5(9)6(10)7(11-2)12-3/h4-7,9-10H,1,8H2,2H3. The fourth-order valence-corrected chi connectivity index (χ4v) is 1.05. The average molecular weight is 175 g/mol. The molecule has 1 fully saturated rings.